The molecule has 0 heterocycles. The first-order valence-corrected chi connectivity index (χ1v) is 0.365. The van der Waals surface area contributed by atoms with Gasteiger partial charge >= 0.3 is 17.1 Å². The molecule has 0 saturated carbocycles. The minimum absolute atomic E-state index is 0. The van der Waals surface area contributed by atoms with Crippen LogP contribution < -0.4 is 11.8 Å². The molecule has 0 aromatic rings. The van der Waals surface area contributed by atoms with Crippen LogP contribution in [0.1, 0.15) is 0 Å². The molecule has 0 atom stereocenters. The first-order valence-electron chi connectivity index (χ1n) is 0.365. The van der Waals surface area contributed by atoms with Gasteiger partial charge in [0.2, 0.25) is 0 Å². The summed E-state index contributed by atoms with van der Waals surface area (Å²) in [4.78, 5) is 0. The molecule has 0 aromatic carbocycles. The van der Waals surface area contributed by atoms with E-state index in [4.69, 9.17) is 22.2 Å². The molecule has 0 amide bonds. The summed E-state index contributed by atoms with van der Waals surface area (Å²) in [6.45, 7) is 0. The fraction of sp³-hybridized carbons (Fsp3) is 0. The van der Waals surface area contributed by atoms with Crippen molar-refractivity contribution in [2.75, 3.05) is 0 Å². The normalized spacial score (nSPS) is 2.40. The molecule has 0 aliphatic rings. The summed E-state index contributed by atoms with van der Waals surface area (Å²) in [5.74, 6) is 11.5. The molecular formula is MnN2O2. The molecule has 0 spiro atoms. The van der Waals surface area contributed by atoms with Crippen LogP contribution in [0.2, 0.25) is 0 Å². The van der Waals surface area contributed by atoms with E-state index in [1.54, 1.807) is 0 Å². The Bertz CT molecular complexity index is 7.61. The monoisotopic (exact) mass is 115 g/mol. The van der Waals surface area contributed by atoms with Crippen molar-refractivity contribution in [2.45, 2.75) is 0 Å². The van der Waals surface area contributed by atoms with Crippen LogP contribution in [0.4, 0.5) is 0 Å². The smallest absolute Gasteiger partial charge is 0.757 e. The van der Waals surface area contributed by atoms with Crippen molar-refractivity contribution in [3.05, 3.63) is 10.4 Å². The van der Waals surface area contributed by atoms with Gasteiger partial charge in [-0.15, -0.1) is 0 Å². The molecule has 0 N–H and O–H groups in total. The zero-order valence-electron chi connectivity index (χ0n) is 2.09. The van der Waals surface area contributed by atoms with Gasteiger partial charge in [0.25, 0.3) is 0 Å². The second-order valence-electron chi connectivity index (χ2n) is 0. The van der Waals surface area contributed by atoms with Gasteiger partial charge in [-0.25, -0.2) is 11.8 Å². The van der Waals surface area contributed by atoms with E-state index in [1.165, 1.54) is 0 Å². The topological polar surface area (TPSA) is 90.7 Å². The van der Waals surface area contributed by atoms with Crippen LogP contribution in [0.25, 0.3) is 0 Å². The maximum absolute atomic E-state index is 7.25. The second kappa shape index (κ2) is 381. The molecule has 0 aromatic heterocycles. The van der Waals surface area contributed by atoms with Crippen LogP contribution >= 0.6 is 0 Å². The molecule has 0 fully saturated rings. The van der Waals surface area contributed by atoms with E-state index in [0.717, 1.165) is 0 Å². The largest absolute Gasteiger partial charge is 2.00 e. The van der Waals surface area contributed by atoms with Crippen molar-refractivity contribution < 1.29 is 17.1 Å². The van der Waals surface area contributed by atoms with Gasteiger partial charge in [0.1, 0.15) is 0 Å². The summed E-state index contributed by atoms with van der Waals surface area (Å²) in [6, 6.07) is 0. The minimum Gasteiger partial charge on any atom is -0.757 e. The quantitative estimate of drug-likeness (QED) is 0.302. The van der Waals surface area contributed by atoms with Crippen molar-refractivity contribution in [3.8, 4) is 0 Å². The third-order valence-corrected chi connectivity index (χ3v) is 0. The number of nitrogens with zero attached hydrogens (tertiary/aromatic N) is 2. The fourth-order valence-corrected chi connectivity index (χ4v) is 0. The molecular weight excluding hydrogens is 115 g/mol. The van der Waals surface area contributed by atoms with Crippen LogP contribution in [0.3, 0.4) is 0 Å². The fourth-order valence-electron chi connectivity index (χ4n) is 0. The number of hydrogen-bond acceptors (Lipinski definition) is 2. The minimum atomic E-state index is 0. The molecule has 0 aliphatic carbocycles. The second-order valence-corrected chi connectivity index (χ2v) is 0. The van der Waals surface area contributed by atoms with Crippen molar-refractivity contribution >= 4 is 0 Å². The van der Waals surface area contributed by atoms with Gasteiger partial charge in [-0.05, 0) is 0 Å². The molecule has 29 valence electrons. The van der Waals surface area contributed by atoms with Gasteiger partial charge in [-0.2, -0.15) is 0 Å². The first-order chi connectivity index (χ1) is 2.00. The molecule has 0 unspecified atom stereocenters. The Balaban J connectivity index is -0.0000000133. The van der Waals surface area contributed by atoms with E-state index in [-0.39, 0.29) is 17.1 Å². The van der Waals surface area contributed by atoms with Crippen LogP contribution in [0.15, 0.2) is 0 Å². The Morgan fingerprint density at radius 2 is 0.800 bits per heavy atom. The Morgan fingerprint density at radius 3 is 0.800 bits per heavy atom. The van der Waals surface area contributed by atoms with E-state index in [9.17, 15) is 0 Å². The van der Waals surface area contributed by atoms with Crippen molar-refractivity contribution in [3.63, 3.8) is 0 Å². The maximum Gasteiger partial charge on any atom is 2.00 e. The van der Waals surface area contributed by atoms with Gasteiger partial charge in [0, 0.05) is 0 Å². The summed E-state index contributed by atoms with van der Waals surface area (Å²) >= 11 is 0. The third kappa shape index (κ3) is 188. The SMILES string of the molecule is [Mn+2].[N][O-].[N][O-]. The molecule has 0 rings (SSSR count). The van der Waals surface area contributed by atoms with E-state index in [2.05, 4.69) is 0 Å². The molecule has 5 heteroatoms. The van der Waals surface area contributed by atoms with E-state index in [1.807, 2.05) is 0 Å². The average molecular weight is 115 g/mol. The predicted octanol–water partition coefficient (Wildman–Crippen LogP) is -0.897. The van der Waals surface area contributed by atoms with E-state index in [0.29, 0.717) is 0 Å². The summed E-state index contributed by atoms with van der Waals surface area (Å²) in [5, 5.41) is 14.5. The molecule has 0 bridgehead atoms. The van der Waals surface area contributed by atoms with Crippen molar-refractivity contribution in [1.82, 2.24) is 11.8 Å². The predicted molar refractivity (Wildman–Crippen MR) is 11.0 cm³/mol. The Hall–Kier alpha value is 0.359. The molecule has 5 radical (unpaired) electrons. The molecule has 0 saturated heterocycles. The van der Waals surface area contributed by atoms with Crippen LogP contribution in [-0.4, -0.2) is 0 Å². The Morgan fingerprint density at radius 1 is 0.800 bits per heavy atom. The van der Waals surface area contributed by atoms with Crippen molar-refractivity contribution in [1.29, 1.82) is 0 Å². The summed E-state index contributed by atoms with van der Waals surface area (Å²) < 4.78 is 0. The number of hydrogen-bond donors (Lipinski definition) is 0. The first kappa shape index (κ1) is 18.3. The summed E-state index contributed by atoms with van der Waals surface area (Å²) in [7, 11) is 0. The van der Waals surface area contributed by atoms with Gasteiger partial charge < -0.3 is 10.4 Å². The summed E-state index contributed by atoms with van der Waals surface area (Å²) in [6.07, 6.45) is 0. The van der Waals surface area contributed by atoms with Gasteiger partial charge in [0.15, 0.2) is 0 Å². The van der Waals surface area contributed by atoms with E-state index < -0.39 is 0 Å². The van der Waals surface area contributed by atoms with Crippen LogP contribution in [0, 0.1) is 10.4 Å². The van der Waals surface area contributed by atoms with E-state index >= 15 is 0 Å². The van der Waals surface area contributed by atoms with Gasteiger partial charge in [0.05, 0.1) is 0 Å². The Kier molecular flexibility index (Phi) is 1390. The Labute approximate surface area is 40.2 Å². The van der Waals surface area contributed by atoms with Crippen LogP contribution in [0.5, 0.6) is 0 Å². The number of rotatable bonds is 0. The molecule has 5 heavy (non-hydrogen) atoms. The maximum atomic E-state index is 7.25. The standard InChI is InChI=1S/Mn.2NO/c;2*1-2/q+2;2*-1. The van der Waals surface area contributed by atoms with Gasteiger partial charge in [-0.3, -0.25) is 0 Å². The zero-order chi connectivity index (χ0) is 4.00. The zero-order valence-corrected chi connectivity index (χ0v) is 3.27. The molecule has 4 nitrogen and oxygen atoms in total. The average Bonchev–Trinajstić information content (AvgIpc) is 1.50. The third-order valence-electron chi connectivity index (χ3n) is 0. The van der Waals surface area contributed by atoms with Crippen molar-refractivity contribution in [2.24, 2.45) is 0 Å². The van der Waals surface area contributed by atoms with Gasteiger partial charge in [-0.1, -0.05) is 0 Å². The molecule has 0 aliphatic heterocycles. The van der Waals surface area contributed by atoms with Crippen LogP contribution in [-0.2, 0) is 17.1 Å². The summed E-state index contributed by atoms with van der Waals surface area (Å²) in [5.41, 5.74) is 0.